The fourth-order valence-corrected chi connectivity index (χ4v) is 2.07. The molecule has 0 radical (unpaired) electrons. The Hall–Kier alpha value is -3.22. The zero-order valence-electron chi connectivity index (χ0n) is 12.7. The molecule has 6 nitrogen and oxygen atoms in total. The number of halogens is 1. The standard InChI is InChI=1S/C17H16FN3O3/c18-12-4-1-10(2-5-12)16(20)13-9-11(3-6-14(13)19)17(24)21-8-7-15(22)23/h1-6,9,20H,7-8,19H2,(H,21,24)(H,22,23). The van der Waals surface area contributed by atoms with Crippen LogP contribution in [0.1, 0.15) is 27.9 Å². The van der Waals surface area contributed by atoms with Crippen LogP contribution < -0.4 is 11.1 Å². The molecule has 7 heteroatoms. The molecule has 0 unspecified atom stereocenters. The van der Waals surface area contributed by atoms with Crippen molar-refractivity contribution in [3.8, 4) is 0 Å². The third-order valence-electron chi connectivity index (χ3n) is 3.34. The monoisotopic (exact) mass is 329 g/mol. The molecule has 0 bridgehead atoms. The minimum Gasteiger partial charge on any atom is -0.481 e. The topological polar surface area (TPSA) is 116 Å². The average molecular weight is 329 g/mol. The number of hydrogen-bond acceptors (Lipinski definition) is 4. The minimum atomic E-state index is -1.01. The number of carbonyl (C=O) groups is 2. The van der Waals surface area contributed by atoms with Crippen LogP contribution in [0.25, 0.3) is 0 Å². The van der Waals surface area contributed by atoms with E-state index < -0.39 is 17.7 Å². The number of hydrogen-bond donors (Lipinski definition) is 4. The molecule has 0 aliphatic carbocycles. The quantitative estimate of drug-likeness (QED) is 0.479. The molecule has 0 spiro atoms. The highest BCUT2D eigenvalue weighted by atomic mass is 19.1. The Kier molecular flexibility index (Phi) is 5.26. The largest absolute Gasteiger partial charge is 0.481 e. The van der Waals surface area contributed by atoms with E-state index in [0.717, 1.165) is 0 Å². The highest BCUT2D eigenvalue weighted by Crippen LogP contribution is 2.19. The van der Waals surface area contributed by atoms with Crippen molar-refractivity contribution in [2.45, 2.75) is 6.42 Å². The van der Waals surface area contributed by atoms with Crippen molar-refractivity contribution >= 4 is 23.3 Å². The first kappa shape index (κ1) is 17.1. The molecule has 0 saturated carbocycles. The lowest BCUT2D eigenvalue weighted by molar-refractivity contribution is -0.136. The molecule has 24 heavy (non-hydrogen) atoms. The van der Waals surface area contributed by atoms with Crippen LogP contribution >= 0.6 is 0 Å². The lowest BCUT2D eigenvalue weighted by Gasteiger charge is -2.10. The molecule has 0 aliphatic heterocycles. The van der Waals surface area contributed by atoms with Crippen LogP contribution in [-0.4, -0.2) is 29.2 Å². The summed E-state index contributed by atoms with van der Waals surface area (Å²) in [4.78, 5) is 22.5. The molecular weight excluding hydrogens is 313 g/mol. The van der Waals surface area contributed by atoms with Crippen LogP contribution in [0.3, 0.4) is 0 Å². The molecule has 2 aromatic carbocycles. The van der Waals surface area contributed by atoms with Crippen molar-refractivity contribution in [3.05, 3.63) is 65.0 Å². The van der Waals surface area contributed by atoms with Gasteiger partial charge in [0.25, 0.3) is 5.91 Å². The fraction of sp³-hybridized carbons (Fsp3) is 0.118. The van der Waals surface area contributed by atoms with Gasteiger partial charge in [-0.3, -0.25) is 15.0 Å². The van der Waals surface area contributed by atoms with Gasteiger partial charge in [-0.05, 0) is 42.5 Å². The number of amides is 1. The summed E-state index contributed by atoms with van der Waals surface area (Å²) in [6, 6.07) is 9.84. The number of benzene rings is 2. The Morgan fingerprint density at radius 2 is 1.75 bits per heavy atom. The molecule has 124 valence electrons. The van der Waals surface area contributed by atoms with Gasteiger partial charge in [0.05, 0.1) is 12.1 Å². The molecule has 1 amide bonds. The van der Waals surface area contributed by atoms with Crippen LogP contribution in [0.4, 0.5) is 10.1 Å². The van der Waals surface area contributed by atoms with E-state index in [9.17, 15) is 14.0 Å². The molecule has 0 aromatic heterocycles. The third-order valence-corrected chi connectivity index (χ3v) is 3.34. The SMILES string of the molecule is N=C(c1ccc(F)cc1)c1cc(C(=O)NCCC(=O)O)ccc1N. The lowest BCUT2D eigenvalue weighted by atomic mass is 9.98. The van der Waals surface area contributed by atoms with Crippen LogP contribution in [-0.2, 0) is 4.79 Å². The molecule has 0 fully saturated rings. The molecule has 0 atom stereocenters. The van der Waals surface area contributed by atoms with E-state index in [1.165, 1.54) is 42.5 Å². The smallest absolute Gasteiger partial charge is 0.305 e. The van der Waals surface area contributed by atoms with Gasteiger partial charge >= 0.3 is 5.97 Å². The van der Waals surface area contributed by atoms with Crippen LogP contribution in [0.2, 0.25) is 0 Å². The van der Waals surface area contributed by atoms with E-state index in [1.807, 2.05) is 0 Å². The molecule has 0 heterocycles. The second-order valence-corrected chi connectivity index (χ2v) is 5.08. The van der Waals surface area contributed by atoms with Gasteiger partial charge in [-0.15, -0.1) is 0 Å². The number of carboxylic acids is 1. The Morgan fingerprint density at radius 3 is 2.38 bits per heavy atom. The second kappa shape index (κ2) is 7.36. The predicted octanol–water partition coefficient (Wildman–Crippen LogP) is 2.03. The lowest BCUT2D eigenvalue weighted by Crippen LogP contribution is -2.26. The van der Waals surface area contributed by atoms with Gasteiger partial charge in [0.1, 0.15) is 5.82 Å². The van der Waals surface area contributed by atoms with E-state index in [4.69, 9.17) is 16.2 Å². The first-order valence-electron chi connectivity index (χ1n) is 7.13. The normalized spacial score (nSPS) is 10.2. The summed E-state index contributed by atoms with van der Waals surface area (Å²) in [5, 5.41) is 19.3. The summed E-state index contributed by atoms with van der Waals surface area (Å²) >= 11 is 0. The number of carboxylic acid groups (broad SMARTS) is 1. The van der Waals surface area contributed by atoms with Crippen molar-refractivity contribution in [2.24, 2.45) is 0 Å². The summed E-state index contributed by atoms with van der Waals surface area (Å²) in [6.07, 6.45) is -0.182. The third kappa shape index (κ3) is 4.16. The first-order chi connectivity index (χ1) is 11.4. The summed E-state index contributed by atoms with van der Waals surface area (Å²) in [7, 11) is 0. The molecule has 2 rings (SSSR count). The van der Waals surface area contributed by atoms with Crippen molar-refractivity contribution in [1.82, 2.24) is 5.32 Å². The van der Waals surface area contributed by atoms with Gasteiger partial charge in [-0.2, -0.15) is 0 Å². The highest BCUT2D eigenvalue weighted by molar-refractivity contribution is 6.14. The number of nitrogen functional groups attached to an aromatic ring is 1. The van der Waals surface area contributed by atoms with Gasteiger partial charge in [-0.1, -0.05) is 0 Å². The van der Waals surface area contributed by atoms with Crippen molar-refractivity contribution in [2.75, 3.05) is 12.3 Å². The van der Waals surface area contributed by atoms with E-state index in [-0.39, 0.29) is 24.2 Å². The second-order valence-electron chi connectivity index (χ2n) is 5.08. The summed E-state index contributed by atoms with van der Waals surface area (Å²) < 4.78 is 13.0. The van der Waals surface area contributed by atoms with E-state index >= 15 is 0 Å². The van der Waals surface area contributed by atoms with Gasteiger partial charge in [0.15, 0.2) is 0 Å². The minimum absolute atomic E-state index is 0.00326. The van der Waals surface area contributed by atoms with Crippen molar-refractivity contribution in [1.29, 1.82) is 5.41 Å². The maximum Gasteiger partial charge on any atom is 0.305 e. The van der Waals surface area contributed by atoms with Crippen LogP contribution in [0.5, 0.6) is 0 Å². The number of nitrogens with two attached hydrogens (primary N) is 1. The Bertz CT molecular complexity index is 788. The van der Waals surface area contributed by atoms with Gasteiger partial charge < -0.3 is 16.2 Å². The molecule has 2 aromatic rings. The molecule has 5 N–H and O–H groups in total. The van der Waals surface area contributed by atoms with Crippen LogP contribution in [0.15, 0.2) is 42.5 Å². The van der Waals surface area contributed by atoms with E-state index in [1.54, 1.807) is 0 Å². The zero-order valence-corrected chi connectivity index (χ0v) is 12.7. The van der Waals surface area contributed by atoms with Gasteiger partial charge in [0, 0.05) is 28.9 Å². The Balaban J connectivity index is 2.21. The maximum absolute atomic E-state index is 13.0. The van der Waals surface area contributed by atoms with Gasteiger partial charge in [-0.25, -0.2) is 4.39 Å². The number of aliphatic carboxylic acids is 1. The number of nitrogens with one attached hydrogen (secondary N) is 2. The number of rotatable bonds is 6. The zero-order chi connectivity index (χ0) is 17.7. The Labute approximate surface area is 137 Å². The number of carbonyl (C=O) groups excluding carboxylic acids is 1. The molecule has 0 aliphatic rings. The maximum atomic E-state index is 13.0. The van der Waals surface area contributed by atoms with Crippen molar-refractivity contribution < 1.29 is 19.1 Å². The fourth-order valence-electron chi connectivity index (χ4n) is 2.07. The Morgan fingerprint density at radius 1 is 1.12 bits per heavy atom. The summed E-state index contributed by atoms with van der Waals surface area (Å²) in [5.41, 5.74) is 7.31. The van der Waals surface area contributed by atoms with E-state index in [0.29, 0.717) is 16.8 Å². The molecule has 0 saturated heterocycles. The highest BCUT2D eigenvalue weighted by Gasteiger charge is 2.13. The number of anilines is 1. The first-order valence-corrected chi connectivity index (χ1v) is 7.13. The van der Waals surface area contributed by atoms with Crippen molar-refractivity contribution in [3.63, 3.8) is 0 Å². The molecular formula is C17H16FN3O3. The average Bonchev–Trinajstić information content (AvgIpc) is 2.55. The summed E-state index contributed by atoms with van der Waals surface area (Å²) in [6.45, 7) is 0.00326. The van der Waals surface area contributed by atoms with Gasteiger partial charge in [0.2, 0.25) is 0 Å². The van der Waals surface area contributed by atoms with Crippen LogP contribution in [0, 0.1) is 11.2 Å². The van der Waals surface area contributed by atoms with E-state index in [2.05, 4.69) is 5.32 Å². The predicted molar refractivity (Wildman–Crippen MR) is 87.8 cm³/mol. The summed E-state index contributed by atoms with van der Waals surface area (Å²) in [5.74, 6) is -1.87.